The zero-order chi connectivity index (χ0) is 28.6. The minimum absolute atomic E-state index is 0.0314. The smallest absolute Gasteiger partial charge is 0.334 e. The van der Waals surface area contributed by atoms with Crippen molar-refractivity contribution in [1.82, 2.24) is 10.1 Å². The number of hydrogen-bond acceptors (Lipinski definition) is 6. The monoisotopic (exact) mass is 547 g/mol. The summed E-state index contributed by atoms with van der Waals surface area (Å²) in [4.78, 5) is 33.4. The summed E-state index contributed by atoms with van der Waals surface area (Å²) >= 11 is 0. The quantitative estimate of drug-likeness (QED) is 0.259. The van der Waals surface area contributed by atoms with E-state index in [1.807, 2.05) is 26.8 Å². The van der Waals surface area contributed by atoms with Crippen LogP contribution in [0.2, 0.25) is 0 Å². The van der Waals surface area contributed by atoms with Gasteiger partial charge in [0.15, 0.2) is 0 Å². The number of benzene rings is 2. The zero-order valence-corrected chi connectivity index (χ0v) is 22.3. The van der Waals surface area contributed by atoms with Crippen LogP contribution in [0.15, 0.2) is 65.3 Å². The van der Waals surface area contributed by atoms with Crippen LogP contribution >= 0.6 is 0 Å². The van der Waals surface area contributed by atoms with Gasteiger partial charge in [-0.1, -0.05) is 44.1 Å². The number of para-hydroxylation sites is 1. The van der Waals surface area contributed by atoms with Crippen molar-refractivity contribution in [3.63, 3.8) is 0 Å². The molecule has 1 aliphatic heterocycles. The van der Waals surface area contributed by atoms with E-state index in [0.29, 0.717) is 34.5 Å². The molecule has 206 valence electrons. The topological polar surface area (TPSA) is 116 Å². The van der Waals surface area contributed by atoms with Gasteiger partial charge in [-0.15, -0.1) is 0 Å². The standard InChI is InChI=1S/C28H27F2N7O3/c1-28(2,3)23-13-25(40-35-23)34-26(38)33-20-11-22(19(30)10-18(20)29)36-15-16-14-32-24(31-4)12-21(16)37(27(36)39)17-8-6-5-7-9-17/h5-14H,15H2,1-4H3,(H,31,32)(H2,33,34,38). The molecule has 3 N–H and O–H groups in total. The van der Waals surface area contributed by atoms with Crippen LogP contribution in [0.1, 0.15) is 32.0 Å². The van der Waals surface area contributed by atoms with Gasteiger partial charge in [-0.25, -0.2) is 23.4 Å². The summed E-state index contributed by atoms with van der Waals surface area (Å²) in [6.45, 7) is 5.76. The molecule has 0 saturated carbocycles. The maximum atomic E-state index is 15.2. The first-order valence-corrected chi connectivity index (χ1v) is 12.4. The summed E-state index contributed by atoms with van der Waals surface area (Å²) in [7, 11) is 1.71. The second-order valence-electron chi connectivity index (χ2n) is 10.2. The van der Waals surface area contributed by atoms with Gasteiger partial charge < -0.3 is 15.2 Å². The third-order valence-electron chi connectivity index (χ3n) is 6.31. The molecule has 1 aliphatic rings. The highest BCUT2D eigenvalue weighted by Gasteiger charge is 2.35. The lowest BCUT2D eigenvalue weighted by Gasteiger charge is -2.37. The van der Waals surface area contributed by atoms with Crippen molar-refractivity contribution in [2.45, 2.75) is 32.7 Å². The lowest BCUT2D eigenvalue weighted by atomic mass is 9.92. The summed E-state index contributed by atoms with van der Waals surface area (Å²) in [5.74, 6) is -1.39. The Kier molecular flexibility index (Phi) is 6.84. The Bertz CT molecular complexity index is 1580. The second-order valence-corrected chi connectivity index (χ2v) is 10.2. The predicted molar refractivity (Wildman–Crippen MR) is 148 cm³/mol. The molecule has 2 aromatic heterocycles. The first-order valence-electron chi connectivity index (χ1n) is 12.4. The van der Waals surface area contributed by atoms with Gasteiger partial charge in [0.2, 0.25) is 5.88 Å². The highest BCUT2D eigenvalue weighted by atomic mass is 19.1. The Morgan fingerprint density at radius 3 is 2.42 bits per heavy atom. The molecule has 40 heavy (non-hydrogen) atoms. The van der Waals surface area contributed by atoms with Crippen molar-refractivity contribution in [2.75, 3.05) is 32.8 Å². The number of amides is 4. The molecule has 0 aliphatic carbocycles. The van der Waals surface area contributed by atoms with Gasteiger partial charge in [0, 0.05) is 42.4 Å². The Hall–Kier alpha value is -5.00. The molecule has 4 aromatic rings. The predicted octanol–water partition coefficient (Wildman–Crippen LogP) is 6.61. The highest BCUT2D eigenvalue weighted by molar-refractivity contribution is 6.11. The van der Waals surface area contributed by atoms with Gasteiger partial charge in [0.05, 0.1) is 35.0 Å². The van der Waals surface area contributed by atoms with E-state index in [-0.39, 0.29) is 29.2 Å². The molecule has 12 heteroatoms. The molecular formula is C28H27F2N7O3. The summed E-state index contributed by atoms with van der Waals surface area (Å²) < 4.78 is 35.1. The van der Waals surface area contributed by atoms with Crippen molar-refractivity contribution >= 4 is 46.5 Å². The fraction of sp³-hybridized carbons (Fsp3) is 0.214. The molecule has 0 bridgehead atoms. The first kappa shape index (κ1) is 26.6. The van der Waals surface area contributed by atoms with Gasteiger partial charge in [-0.3, -0.25) is 15.1 Å². The second kappa shape index (κ2) is 10.3. The van der Waals surface area contributed by atoms with Gasteiger partial charge in [-0.05, 0) is 18.2 Å². The van der Waals surface area contributed by atoms with Crippen LogP contribution < -0.4 is 25.8 Å². The number of rotatable bonds is 5. The van der Waals surface area contributed by atoms with Crippen molar-refractivity contribution < 1.29 is 22.9 Å². The molecule has 0 atom stereocenters. The van der Waals surface area contributed by atoms with Crippen molar-refractivity contribution in [3.05, 3.63) is 83.7 Å². The number of nitrogens with zero attached hydrogens (tertiary/aromatic N) is 4. The van der Waals surface area contributed by atoms with Crippen LogP contribution in [0, 0.1) is 11.6 Å². The van der Waals surface area contributed by atoms with E-state index < -0.39 is 23.7 Å². The van der Waals surface area contributed by atoms with Crippen LogP contribution in [-0.2, 0) is 12.0 Å². The lowest BCUT2D eigenvalue weighted by molar-refractivity contribution is 0.252. The van der Waals surface area contributed by atoms with Gasteiger partial charge in [0.1, 0.15) is 17.5 Å². The lowest BCUT2D eigenvalue weighted by Crippen LogP contribution is -2.45. The number of nitrogens with one attached hydrogen (secondary N) is 3. The normalized spacial score (nSPS) is 13.2. The molecule has 10 nitrogen and oxygen atoms in total. The van der Waals surface area contributed by atoms with E-state index in [0.717, 1.165) is 6.07 Å². The molecule has 0 fully saturated rings. The Balaban J connectivity index is 1.46. The maximum Gasteiger partial charge on any atom is 0.334 e. The summed E-state index contributed by atoms with van der Waals surface area (Å²) in [6, 6.07) is 12.4. The van der Waals surface area contributed by atoms with Crippen LogP contribution in [-0.4, -0.2) is 29.3 Å². The van der Waals surface area contributed by atoms with E-state index in [2.05, 4.69) is 26.1 Å². The van der Waals surface area contributed by atoms with E-state index in [9.17, 15) is 14.0 Å². The number of pyridine rings is 1. The van der Waals surface area contributed by atoms with Crippen molar-refractivity contribution in [1.29, 1.82) is 0 Å². The van der Waals surface area contributed by atoms with E-state index in [4.69, 9.17) is 4.52 Å². The van der Waals surface area contributed by atoms with Crippen LogP contribution in [0.4, 0.5) is 52.8 Å². The number of halogens is 2. The molecule has 5 rings (SSSR count). The maximum absolute atomic E-state index is 15.2. The molecule has 0 unspecified atom stereocenters. The number of fused-ring (bicyclic) bond motifs is 1. The van der Waals surface area contributed by atoms with Gasteiger partial charge >= 0.3 is 12.1 Å². The fourth-order valence-electron chi connectivity index (χ4n) is 4.21. The van der Waals surface area contributed by atoms with Crippen molar-refractivity contribution in [3.8, 4) is 0 Å². The number of anilines is 6. The Labute approximate surface area is 229 Å². The average molecular weight is 548 g/mol. The largest absolute Gasteiger partial charge is 0.373 e. The summed E-state index contributed by atoms with van der Waals surface area (Å²) in [6.07, 6.45) is 1.59. The summed E-state index contributed by atoms with van der Waals surface area (Å²) in [5.41, 5.74) is 1.51. The average Bonchev–Trinajstić information content (AvgIpc) is 3.39. The number of carbonyl (C=O) groups is 2. The first-order chi connectivity index (χ1) is 19.0. The number of hydrogen-bond donors (Lipinski definition) is 3. The van der Waals surface area contributed by atoms with Crippen LogP contribution in [0.25, 0.3) is 0 Å². The van der Waals surface area contributed by atoms with Crippen LogP contribution in [0.3, 0.4) is 0 Å². The SMILES string of the molecule is CNc1cc2c(cn1)CN(c1cc(NC(=O)Nc3cc(C(C)(C)C)no3)c(F)cc1F)C(=O)N2c1ccccc1. The third-order valence-corrected chi connectivity index (χ3v) is 6.31. The molecule has 0 saturated heterocycles. The minimum Gasteiger partial charge on any atom is -0.373 e. The van der Waals surface area contributed by atoms with E-state index in [1.165, 1.54) is 9.80 Å². The van der Waals surface area contributed by atoms with E-state index in [1.54, 1.807) is 49.6 Å². The summed E-state index contributed by atoms with van der Waals surface area (Å²) in [5, 5.41) is 11.7. The van der Waals surface area contributed by atoms with E-state index >= 15 is 4.39 Å². The minimum atomic E-state index is -1.02. The Morgan fingerprint density at radius 2 is 1.75 bits per heavy atom. The molecule has 2 aromatic carbocycles. The third kappa shape index (κ3) is 5.15. The molecule has 0 radical (unpaired) electrons. The van der Waals surface area contributed by atoms with Gasteiger partial charge in [0.25, 0.3) is 0 Å². The number of aromatic nitrogens is 2. The molecule has 3 heterocycles. The van der Waals surface area contributed by atoms with Crippen molar-refractivity contribution in [2.24, 2.45) is 0 Å². The number of urea groups is 2. The molecule has 4 amide bonds. The number of carbonyl (C=O) groups excluding carboxylic acids is 2. The molecular weight excluding hydrogens is 520 g/mol. The Morgan fingerprint density at radius 1 is 1.00 bits per heavy atom. The van der Waals surface area contributed by atoms with Gasteiger partial charge in [-0.2, -0.15) is 0 Å². The molecule has 0 spiro atoms. The zero-order valence-electron chi connectivity index (χ0n) is 22.3. The fourth-order valence-corrected chi connectivity index (χ4v) is 4.21. The highest BCUT2D eigenvalue weighted by Crippen LogP contribution is 2.39. The van der Waals surface area contributed by atoms with Crippen LogP contribution in [0.5, 0.6) is 0 Å².